The summed E-state index contributed by atoms with van der Waals surface area (Å²) >= 11 is 0. The van der Waals surface area contributed by atoms with E-state index < -0.39 is 18.4 Å². The number of methoxy groups -OCH3 is 1. The Balaban J connectivity index is 2.33. The molecule has 8 heteroatoms. The van der Waals surface area contributed by atoms with Crippen LogP contribution in [0.4, 0.5) is 13.2 Å². The maximum atomic E-state index is 12.3. The molecule has 0 heterocycles. The average Bonchev–Trinajstić information content (AvgIpc) is 2.86. The molecular formula is C28H44F3NO4. The molecule has 0 atom stereocenters. The lowest BCUT2D eigenvalue weighted by Crippen LogP contribution is -2.32. The van der Waals surface area contributed by atoms with Gasteiger partial charge in [-0.2, -0.15) is 13.2 Å². The van der Waals surface area contributed by atoms with Gasteiger partial charge in [0.2, 0.25) is 5.78 Å². The molecule has 0 saturated carbocycles. The van der Waals surface area contributed by atoms with Gasteiger partial charge in [-0.3, -0.25) is 14.5 Å². The number of nitrogens with zero attached hydrogens (tertiary/aromatic N) is 1. The highest BCUT2D eigenvalue weighted by Crippen LogP contribution is 2.20. The van der Waals surface area contributed by atoms with Crippen molar-refractivity contribution in [3.05, 3.63) is 29.8 Å². The molecule has 0 aliphatic rings. The number of unbranched alkanes of at least 4 members (excludes halogenated alkanes) is 9. The fourth-order valence-corrected chi connectivity index (χ4v) is 3.95. The van der Waals surface area contributed by atoms with Crippen LogP contribution in [-0.4, -0.2) is 56.2 Å². The Hall–Kier alpha value is -2.09. The van der Waals surface area contributed by atoms with Crippen molar-refractivity contribution in [2.75, 3.05) is 33.4 Å². The zero-order chi connectivity index (χ0) is 26.7. The van der Waals surface area contributed by atoms with E-state index in [1.807, 2.05) is 0 Å². The first-order valence-corrected chi connectivity index (χ1v) is 13.4. The van der Waals surface area contributed by atoms with Crippen molar-refractivity contribution < 1.29 is 32.2 Å². The minimum absolute atomic E-state index is 0.0405. The van der Waals surface area contributed by atoms with Crippen LogP contribution in [0.1, 0.15) is 89.5 Å². The summed E-state index contributed by atoms with van der Waals surface area (Å²) in [7, 11) is 1.39. The van der Waals surface area contributed by atoms with E-state index in [1.54, 1.807) is 24.3 Å². The Bertz CT molecular complexity index is 723. The first-order chi connectivity index (χ1) is 17.3. The van der Waals surface area contributed by atoms with Crippen LogP contribution in [0.15, 0.2) is 24.3 Å². The molecule has 0 unspecified atom stereocenters. The van der Waals surface area contributed by atoms with Crippen molar-refractivity contribution in [1.29, 1.82) is 0 Å². The van der Waals surface area contributed by atoms with E-state index in [0.29, 0.717) is 37.4 Å². The molecule has 0 aliphatic carbocycles. The SMILES string of the molecule is CCCCCCCCCCCCN(CCOc1ccc(CCC(=O)C(F)(F)F)cc1)CCC(=O)OC. The van der Waals surface area contributed by atoms with Gasteiger partial charge in [0.05, 0.1) is 13.5 Å². The van der Waals surface area contributed by atoms with Crippen LogP contribution < -0.4 is 4.74 Å². The summed E-state index contributed by atoms with van der Waals surface area (Å²) in [5.74, 6) is -1.33. The second-order valence-electron chi connectivity index (χ2n) is 9.26. The summed E-state index contributed by atoms with van der Waals surface area (Å²) in [4.78, 5) is 24.8. The Morgan fingerprint density at radius 2 is 1.39 bits per heavy atom. The van der Waals surface area contributed by atoms with Gasteiger partial charge in [-0.15, -0.1) is 0 Å². The van der Waals surface area contributed by atoms with Crippen LogP contribution >= 0.6 is 0 Å². The summed E-state index contributed by atoms with van der Waals surface area (Å²) in [5.41, 5.74) is 0.653. The van der Waals surface area contributed by atoms with Crippen molar-refractivity contribution in [2.24, 2.45) is 0 Å². The Morgan fingerprint density at radius 1 is 0.806 bits per heavy atom. The maximum absolute atomic E-state index is 12.3. The van der Waals surface area contributed by atoms with Crippen LogP contribution in [-0.2, 0) is 20.7 Å². The zero-order valence-corrected chi connectivity index (χ0v) is 22.0. The molecule has 0 spiro atoms. The fourth-order valence-electron chi connectivity index (χ4n) is 3.95. The fraction of sp³-hybridized carbons (Fsp3) is 0.714. The molecular weight excluding hydrogens is 471 g/mol. The molecule has 0 aliphatic heterocycles. The topological polar surface area (TPSA) is 55.8 Å². The third kappa shape index (κ3) is 15.8. The maximum Gasteiger partial charge on any atom is 0.449 e. The first-order valence-electron chi connectivity index (χ1n) is 13.4. The highest BCUT2D eigenvalue weighted by Gasteiger charge is 2.37. The van der Waals surface area contributed by atoms with Gasteiger partial charge in [0, 0.05) is 19.5 Å². The summed E-state index contributed by atoms with van der Waals surface area (Å²) in [6, 6.07) is 6.76. The molecule has 1 aromatic carbocycles. The molecule has 0 amide bonds. The molecule has 0 aromatic heterocycles. The van der Waals surface area contributed by atoms with Gasteiger partial charge in [-0.05, 0) is 37.1 Å². The van der Waals surface area contributed by atoms with Gasteiger partial charge in [-0.25, -0.2) is 0 Å². The number of hydrogen-bond donors (Lipinski definition) is 0. The lowest BCUT2D eigenvalue weighted by molar-refractivity contribution is -0.171. The Morgan fingerprint density at radius 3 is 1.94 bits per heavy atom. The van der Waals surface area contributed by atoms with Gasteiger partial charge in [0.1, 0.15) is 12.4 Å². The molecule has 0 bridgehead atoms. The van der Waals surface area contributed by atoms with Crippen LogP contribution in [0.2, 0.25) is 0 Å². The molecule has 0 radical (unpaired) electrons. The van der Waals surface area contributed by atoms with E-state index in [4.69, 9.17) is 9.47 Å². The standard InChI is InChI=1S/C28H44F3NO4/c1-3-4-5-6-7-8-9-10-11-12-20-32(21-19-27(34)35-2)22-23-36-25-16-13-24(14-17-25)15-18-26(33)28(29,30)31/h13-14,16-17H,3-12,15,18-23H2,1-2H3. The predicted molar refractivity (Wildman–Crippen MR) is 136 cm³/mol. The molecule has 0 N–H and O–H groups in total. The van der Waals surface area contributed by atoms with Crippen LogP contribution in [0.25, 0.3) is 0 Å². The highest BCUT2D eigenvalue weighted by molar-refractivity contribution is 5.84. The van der Waals surface area contributed by atoms with Crippen LogP contribution in [0.5, 0.6) is 5.75 Å². The number of carbonyl (C=O) groups is 2. The molecule has 1 aromatic rings. The molecule has 5 nitrogen and oxygen atoms in total. The summed E-state index contributed by atoms with van der Waals surface area (Å²) in [6.07, 6.45) is 7.73. The Labute approximate surface area is 214 Å². The van der Waals surface area contributed by atoms with E-state index >= 15 is 0 Å². The van der Waals surface area contributed by atoms with Gasteiger partial charge in [-0.1, -0.05) is 76.8 Å². The van der Waals surface area contributed by atoms with Crippen molar-refractivity contribution in [3.8, 4) is 5.75 Å². The van der Waals surface area contributed by atoms with Crippen molar-refractivity contribution in [1.82, 2.24) is 4.90 Å². The lowest BCUT2D eigenvalue weighted by atomic mass is 10.1. The van der Waals surface area contributed by atoms with E-state index in [1.165, 1.54) is 64.9 Å². The van der Waals surface area contributed by atoms with E-state index in [2.05, 4.69) is 11.8 Å². The number of benzene rings is 1. The van der Waals surface area contributed by atoms with Crippen molar-refractivity contribution in [2.45, 2.75) is 96.6 Å². The number of ketones is 1. The zero-order valence-electron chi connectivity index (χ0n) is 22.0. The van der Waals surface area contributed by atoms with Crippen LogP contribution in [0, 0.1) is 0 Å². The second kappa shape index (κ2) is 19.1. The second-order valence-corrected chi connectivity index (χ2v) is 9.26. The van der Waals surface area contributed by atoms with Gasteiger partial charge < -0.3 is 9.47 Å². The van der Waals surface area contributed by atoms with Gasteiger partial charge >= 0.3 is 12.1 Å². The summed E-state index contributed by atoms with van der Waals surface area (Å²) < 4.78 is 47.6. The summed E-state index contributed by atoms with van der Waals surface area (Å²) in [5, 5.41) is 0. The van der Waals surface area contributed by atoms with E-state index in [-0.39, 0.29) is 12.4 Å². The molecule has 36 heavy (non-hydrogen) atoms. The average molecular weight is 516 g/mol. The molecule has 0 saturated heterocycles. The van der Waals surface area contributed by atoms with E-state index in [0.717, 1.165) is 13.0 Å². The number of esters is 1. The molecule has 206 valence electrons. The number of carbonyl (C=O) groups excluding carboxylic acids is 2. The number of Topliss-reactive ketones (excluding diaryl/α,β-unsaturated/α-hetero) is 1. The lowest BCUT2D eigenvalue weighted by Gasteiger charge is -2.22. The number of ether oxygens (including phenoxy) is 2. The number of alkyl halides is 3. The third-order valence-corrected chi connectivity index (χ3v) is 6.24. The normalized spacial score (nSPS) is 11.6. The monoisotopic (exact) mass is 515 g/mol. The van der Waals surface area contributed by atoms with E-state index in [9.17, 15) is 22.8 Å². The van der Waals surface area contributed by atoms with Crippen molar-refractivity contribution in [3.63, 3.8) is 0 Å². The van der Waals surface area contributed by atoms with Crippen molar-refractivity contribution >= 4 is 11.8 Å². The third-order valence-electron chi connectivity index (χ3n) is 6.24. The highest BCUT2D eigenvalue weighted by atomic mass is 19.4. The Kier molecular flexibility index (Phi) is 16.9. The summed E-state index contributed by atoms with van der Waals surface area (Å²) in [6.45, 7) is 4.83. The van der Waals surface area contributed by atoms with Crippen LogP contribution in [0.3, 0.4) is 0 Å². The molecule has 0 fully saturated rings. The number of aryl methyl sites for hydroxylation is 1. The van der Waals surface area contributed by atoms with Gasteiger partial charge in [0.15, 0.2) is 0 Å². The van der Waals surface area contributed by atoms with Gasteiger partial charge in [0.25, 0.3) is 0 Å². The predicted octanol–water partition coefficient (Wildman–Crippen LogP) is 6.92. The number of hydrogen-bond acceptors (Lipinski definition) is 5. The quantitative estimate of drug-likeness (QED) is 0.131. The number of halogens is 3. The first kappa shape index (κ1) is 31.9. The number of rotatable bonds is 21. The minimum Gasteiger partial charge on any atom is -0.492 e. The largest absolute Gasteiger partial charge is 0.492 e. The minimum atomic E-state index is -4.78. The smallest absolute Gasteiger partial charge is 0.449 e. The molecule has 1 rings (SSSR count).